The SMILES string of the molecule is CCCCc1nc2c(N)nc3ccccc3c2n1CCNSCc1ccccc1. The Labute approximate surface area is 175 Å². The van der Waals surface area contributed by atoms with Crippen molar-refractivity contribution < 1.29 is 0 Å². The van der Waals surface area contributed by atoms with Crippen molar-refractivity contribution in [2.24, 2.45) is 0 Å². The van der Waals surface area contributed by atoms with Crippen molar-refractivity contribution in [2.45, 2.75) is 38.5 Å². The van der Waals surface area contributed by atoms with Crippen LogP contribution in [0.2, 0.25) is 0 Å². The molecular formula is C23H27N5S. The lowest BCUT2D eigenvalue weighted by Gasteiger charge is -2.11. The summed E-state index contributed by atoms with van der Waals surface area (Å²) in [6.45, 7) is 3.92. The second kappa shape index (κ2) is 9.29. The molecule has 2 aromatic heterocycles. The molecule has 5 nitrogen and oxygen atoms in total. The van der Waals surface area contributed by atoms with Crippen LogP contribution in [-0.4, -0.2) is 21.1 Å². The summed E-state index contributed by atoms with van der Waals surface area (Å²) in [4.78, 5) is 9.45. The first-order valence-corrected chi connectivity index (χ1v) is 11.2. The van der Waals surface area contributed by atoms with Gasteiger partial charge in [-0.2, -0.15) is 0 Å². The van der Waals surface area contributed by atoms with Gasteiger partial charge in [0.15, 0.2) is 5.82 Å². The Hall–Kier alpha value is -2.57. The van der Waals surface area contributed by atoms with Gasteiger partial charge in [-0.1, -0.05) is 73.8 Å². The van der Waals surface area contributed by atoms with Crippen LogP contribution in [0.5, 0.6) is 0 Å². The summed E-state index contributed by atoms with van der Waals surface area (Å²) in [6, 6.07) is 18.7. The minimum absolute atomic E-state index is 0.515. The highest BCUT2D eigenvalue weighted by Gasteiger charge is 2.16. The van der Waals surface area contributed by atoms with E-state index in [-0.39, 0.29) is 0 Å². The fraction of sp³-hybridized carbons (Fsp3) is 0.304. The normalized spacial score (nSPS) is 11.5. The predicted molar refractivity (Wildman–Crippen MR) is 124 cm³/mol. The zero-order chi connectivity index (χ0) is 20.1. The fourth-order valence-corrected chi connectivity index (χ4v) is 4.31. The minimum atomic E-state index is 0.515. The highest BCUT2D eigenvalue weighted by atomic mass is 32.2. The van der Waals surface area contributed by atoms with Gasteiger partial charge in [0.05, 0.1) is 11.0 Å². The van der Waals surface area contributed by atoms with Crippen molar-refractivity contribution in [1.82, 2.24) is 19.3 Å². The van der Waals surface area contributed by atoms with Crippen molar-refractivity contribution in [2.75, 3.05) is 12.3 Å². The summed E-state index contributed by atoms with van der Waals surface area (Å²) < 4.78 is 5.84. The number of unbranched alkanes of at least 4 members (excludes halogenated alkanes) is 1. The number of para-hydroxylation sites is 1. The summed E-state index contributed by atoms with van der Waals surface area (Å²) in [6.07, 6.45) is 3.21. The summed E-state index contributed by atoms with van der Waals surface area (Å²) in [5.74, 6) is 2.57. The lowest BCUT2D eigenvalue weighted by molar-refractivity contribution is 0.641. The third kappa shape index (κ3) is 4.38. The van der Waals surface area contributed by atoms with Gasteiger partial charge in [-0.3, -0.25) is 4.72 Å². The van der Waals surface area contributed by atoms with Crippen LogP contribution >= 0.6 is 11.9 Å². The maximum atomic E-state index is 6.27. The number of fused-ring (bicyclic) bond motifs is 3. The van der Waals surface area contributed by atoms with Gasteiger partial charge in [-0.15, -0.1) is 0 Å². The quantitative estimate of drug-likeness (QED) is 0.305. The molecule has 0 aliphatic rings. The van der Waals surface area contributed by atoms with E-state index in [9.17, 15) is 0 Å². The molecule has 4 aromatic rings. The Balaban J connectivity index is 1.57. The van der Waals surface area contributed by atoms with Crippen molar-refractivity contribution in [3.8, 4) is 0 Å². The molecule has 0 aliphatic carbocycles. The topological polar surface area (TPSA) is 68.8 Å². The van der Waals surface area contributed by atoms with E-state index in [0.717, 1.165) is 65.9 Å². The van der Waals surface area contributed by atoms with Crippen molar-refractivity contribution in [1.29, 1.82) is 0 Å². The first-order chi connectivity index (χ1) is 14.3. The van der Waals surface area contributed by atoms with E-state index >= 15 is 0 Å². The number of nitrogens with zero attached hydrogens (tertiary/aromatic N) is 3. The van der Waals surface area contributed by atoms with Crippen molar-refractivity contribution >= 4 is 39.7 Å². The molecular weight excluding hydrogens is 378 g/mol. The number of hydrogen-bond donors (Lipinski definition) is 2. The highest BCUT2D eigenvalue weighted by Crippen LogP contribution is 2.29. The molecule has 3 N–H and O–H groups in total. The van der Waals surface area contributed by atoms with Gasteiger partial charge in [0.2, 0.25) is 0 Å². The highest BCUT2D eigenvalue weighted by molar-refractivity contribution is 7.96. The fourth-order valence-electron chi connectivity index (χ4n) is 3.61. The molecule has 0 fully saturated rings. The molecule has 0 amide bonds. The third-order valence-electron chi connectivity index (χ3n) is 5.06. The molecule has 0 bridgehead atoms. The molecule has 150 valence electrons. The molecule has 0 saturated carbocycles. The molecule has 2 aromatic carbocycles. The number of nitrogen functional groups attached to an aromatic ring is 1. The first-order valence-electron chi connectivity index (χ1n) is 10.2. The molecule has 4 rings (SSSR count). The van der Waals surface area contributed by atoms with Crippen molar-refractivity contribution in [3.05, 3.63) is 66.0 Å². The summed E-state index contributed by atoms with van der Waals surface area (Å²) in [7, 11) is 0. The van der Waals surface area contributed by atoms with Crippen LogP contribution in [0.1, 0.15) is 31.2 Å². The molecule has 0 aliphatic heterocycles. The van der Waals surface area contributed by atoms with E-state index in [4.69, 9.17) is 10.7 Å². The van der Waals surface area contributed by atoms with E-state index in [0.29, 0.717) is 5.82 Å². The Morgan fingerprint density at radius 1 is 1.03 bits per heavy atom. The van der Waals surface area contributed by atoms with E-state index in [2.05, 4.69) is 63.7 Å². The van der Waals surface area contributed by atoms with Crippen LogP contribution in [0.3, 0.4) is 0 Å². The van der Waals surface area contributed by atoms with Gasteiger partial charge in [-0.25, -0.2) is 9.97 Å². The Kier molecular flexibility index (Phi) is 6.32. The number of pyridine rings is 1. The van der Waals surface area contributed by atoms with Crippen LogP contribution in [0, 0.1) is 0 Å². The molecule has 2 heterocycles. The molecule has 29 heavy (non-hydrogen) atoms. The molecule has 0 spiro atoms. The van der Waals surface area contributed by atoms with Gasteiger partial charge in [0.1, 0.15) is 11.3 Å². The van der Waals surface area contributed by atoms with Gasteiger partial charge in [-0.05, 0) is 18.1 Å². The second-order valence-electron chi connectivity index (χ2n) is 7.16. The number of hydrogen-bond acceptors (Lipinski definition) is 5. The Bertz CT molecular complexity index is 1090. The smallest absolute Gasteiger partial charge is 0.152 e. The van der Waals surface area contributed by atoms with Crippen LogP contribution < -0.4 is 10.5 Å². The van der Waals surface area contributed by atoms with E-state index in [1.54, 1.807) is 11.9 Å². The zero-order valence-corrected chi connectivity index (χ0v) is 17.6. The number of nitrogens with two attached hydrogens (primary N) is 1. The van der Waals surface area contributed by atoms with Gasteiger partial charge >= 0.3 is 0 Å². The number of aromatic nitrogens is 3. The number of imidazole rings is 1. The molecule has 0 unspecified atom stereocenters. The summed E-state index contributed by atoms with van der Waals surface area (Å²) in [5, 5.41) is 1.11. The third-order valence-corrected chi connectivity index (χ3v) is 5.95. The van der Waals surface area contributed by atoms with E-state index in [1.165, 1.54) is 5.56 Å². The maximum absolute atomic E-state index is 6.27. The second-order valence-corrected chi connectivity index (χ2v) is 8.03. The number of anilines is 1. The summed E-state index contributed by atoms with van der Waals surface area (Å²) >= 11 is 1.74. The first kappa shape index (κ1) is 19.7. The monoisotopic (exact) mass is 405 g/mol. The summed E-state index contributed by atoms with van der Waals surface area (Å²) in [5.41, 5.74) is 10.4. The van der Waals surface area contributed by atoms with Crippen LogP contribution in [0.15, 0.2) is 54.6 Å². The lowest BCUT2D eigenvalue weighted by Crippen LogP contribution is -2.15. The Morgan fingerprint density at radius 2 is 1.83 bits per heavy atom. The van der Waals surface area contributed by atoms with Gasteiger partial charge in [0, 0.05) is 30.6 Å². The molecule has 0 atom stereocenters. The molecule has 6 heteroatoms. The Morgan fingerprint density at radius 3 is 2.66 bits per heavy atom. The lowest BCUT2D eigenvalue weighted by atomic mass is 10.2. The number of nitrogens with one attached hydrogen (secondary N) is 1. The average Bonchev–Trinajstić information content (AvgIpc) is 3.12. The number of rotatable bonds is 9. The molecule has 0 saturated heterocycles. The van der Waals surface area contributed by atoms with Crippen LogP contribution in [0.25, 0.3) is 21.9 Å². The maximum Gasteiger partial charge on any atom is 0.152 e. The largest absolute Gasteiger partial charge is 0.382 e. The van der Waals surface area contributed by atoms with Crippen molar-refractivity contribution in [3.63, 3.8) is 0 Å². The van der Waals surface area contributed by atoms with E-state index in [1.807, 2.05) is 12.1 Å². The van der Waals surface area contributed by atoms with E-state index < -0.39 is 0 Å². The predicted octanol–water partition coefficient (Wildman–Crippen LogP) is 4.95. The standard InChI is InChI=1S/C23H27N5S/c1-2-3-13-20-27-21-22(18-11-7-8-12-19(18)26-23(21)24)28(20)15-14-25-29-16-17-9-5-4-6-10-17/h4-12,25H,2-3,13-16H2,1H3,(H2,24,26). The van der Waals surface area contributed by atoms with Gasteiger partial charge in [0.25, 0.3) is 0 Å². The number of aryl methyl sites for hydroxylation is 1. The van der Waals surface area contributed by atoms with Crippen LogP contribution in [0.4, 0.5) is 5.82 Å². The molecule has 0 radical (unpaired) electrons. The average molecular weight is 406 g/mol. The zero-order valence-electron chi connectivity index (χ0n) is 16.8. The van der Waals surface area contributed by atoms with Gasteiger partial charge < -0.3 is 10.3 Å². The number of benzene rings is 2. The van der Waals surface area contributed by atoms with Crippen LogP contribution in [-0.2, 0) is 18.7 Å². The minimum Gasteiger partial charge on any atom is -0.382 e.